The summed E-state index contributed by atoms with van der Waals surface area (Å²) >= 11 is 0. The molecule has 0 radical (unpaired) electrons. The van der Waals surface area contributed by atoms with E-state index >= 15 is 0 Å². The van der Waals surface area contributed by atoms with Crippen LogP contribution in [0.2, 0.25) is 0 Å². The Hall–Kier alpha value is -2.82. The summed E-state index contributed by atoms with van der Waals surface area (Å²) in [6, 6.07) is 17.2. The predicted molar refractivity (Wildman–Crippen MR) is 98.6 cm³/mol. The van der Waals surface area contributed by atoms with Crippen LogP contribution in [0.3, 0.4) is 0 Å². The van der Waals surface area contributed by atoms with E-state index < -0.39 is 0 Å². The summed E-state index contributed by atoms with van der Waals surface area (Å²) in [5, 5.41) is 5.61. The van der Waals surface area contributed by atoms with Gasteiger partial charge in [-0.05, 0) is 49.6 Å². The van der Waals surface area contributed by atoms with Crippen LogP contribution in [0.1, 0.15) is 25.8 Å². The van der Waals surface area contributed by atoms with Crippen molar-refractivity contribution in [2.45, 2.75) is 32.7 Å². The smallest absolute Gasteiger partial charge is 0.258 e. The predicted octanol–water partition coefficient (Wildman–Crippen LogP) is 3.16. The Labute approximate surface area is 148 Å². The Kier molecular flexibility index (Phi) is 7.01. The van der Waals surface area contributed by atoms with E-state index in [1.165, 1.54) is 12.5 Å². The molecule has 1 atom stereocenters. The van der Waals surface area contributed by atoms with Gasteiger partial charge in [-0.25, -0.2) is 0 Å². The Morgan fingerprint density at radius 3 is 2.36 bits per heavy atom. The van der Waals surface area contributed by atoms with E-state index in [4.69, 9.17) is 4.74 Å². The third-order valence-corrected chi connectivity index (χ3v) is 3.66. The number of amides is 2. The van der Waals surface area contributed by atoms with Gasteiger partial charge in [-0.15, -0.1) is 0 Å². The zero-order valence-corrected chi connectivity index (χ0v) is 14.6. The average molecular weight is 340 g/mol. The summed E-state index contributed by atoms with van der Waals surface area (Å²) < 4.78 is 5.47. The number of hydrogen-bond acceptors (Lipinski definition) is 3. The lowest BCUT2D eigenvalue weighted by Crippen LogP contribution is -2.36. The van der Waals surface area contributed by atoms with Gasteiger partial charge in [0.15, 0.2) is 6.61 Å². The summed E-state index contributed by atoms with van der Waals surface area (Å²) in [4.78, 5) is 22.9. The van der Waals surface area contributed by atoms with Gasteiger partial charge in [-0.3, -0.25) is 9.59 Å². The lowest BCUT2D eigenvalue weighted by atomic mass is 10.1. The van der Waals surface area contributed by atoms with Crippen LogP contribution in [0, 0.1) is 0 Å². The fourth-order valence-corrected chi connectivity index (χ4v) is 2.40. The van der Waals surface area contributed by atoms with Crippen molar-refractivity contribution in [2.75, 3.05) is 11.9 Å². The number of carbonyl (C=O) groups is 2. The van der Waals surface area contributed by atoms with Gasteiger partial charge in [-0.2, -0.15) is 0 Å². The monoisotopic (exact) mass is 340 g/mol. The van der Waals surface area contributed by atoms with Crippen LogP contribution >= 0.6 is 0 Å². The van der Waals surface area contributed by atoms with Crippen LogP contribution in [-0.2, 0) is 16.0 Å². The second kappa shape index (κ2) is 9.47. The maximum absolute atomic E-state index is 12.0. The fraction of sp³-hybridized carbons (Fsp3) is 0.300. The van der Waals surface area contributed by atoms with Crippen molar-refractivity contribution >= 4 is 17.5 Å². The first-order valence-electron chi connectivity index (χ1n) is 8.36. The Balaban J connectivity index is 1.70. The van der Waals surface area contributed by atoms with Gasteiger partial charge in [0.1, 0.15) is 5.75 Å². The van der Waals surface area contributed by atoms with Crippen LogP contribution in [0.5, 0.6) is 5.75 Å². The minimum Gasteiger partial charge on any atom is -0.484 e. The number of ether oxygens (including phenoxy) is 1. The SMILES string of the molecule is CC(=O)Nc1ccc(OCC(=O)N[C@@H](C)CCc2ccccc2)cc1. The summed E-state index contributed by atoms with van der Waals surface area (Å²) in [5.41, 5.74) is 1.96. The molecule has 0 aliphatic heterocycles. The minimum absolute atomic E-state index is 0.0326. The Morgan fingerprint density at radius 1 is 1.04 bits per heavy atom. The lowest BCUT2D eigenvalue weighted by Gasteiger charge is -2.14. The quantitative estimate of drug-likeness (QED) is 0.776. The number of aryl methyl sites for hydroxylation is 1. The third-order valence-electron chi connectivity index (χ3n) is 3.66. The molecular formula is C20H24N2O3. The summed E-state index contributed by atoms with van der Waals surface area (Å²) in [6.07, 6.45) is 1.80. The maximum Gasteiger partial charge on any atom is 0.258 e. The molecule has 2 aromatic rings. The molecule has 2 amide bonds. The maximum atomic E-state index is 12.0. The molecule has 0 heterocycles. The van der Waals surface area contributed by atoms with Gasteiger partial charge < -0.3 is 15.4 Å². The number of benzene rings is 2. The molecule has 0 aliphatic carbocycles. The molecule has 25 heavy (non-hydrogen) atoms. The molecular weight excluding hydrogens is 316 g/mol. The number of anilines is 1. The molecule has 0 unspecified atom stereocenters. The molecule has 2 aromatic carbocycles. The normalized spacial score (nSPS) is 11.4. The molecule has 0 saturated heterocycles. The van der Waals surface area contributed by atoms with Gasteiger partial charge in [0.25, 0.3) is 5.91 Å². The number of hydrogen-bond donors (Lipinski definition) is 2. The van der Waals surface area contributed by atoms with Gasteiger partial charge in [0.05, 0.1) is 0 Å². The lowest BCUT2D eigenvalue weighted by molar-refractivity contribution is -0.123. The summed E-state index contributed by atoms with van der Waals surface area (Å²) in [5.74, 6) is 0.310. The topological polar surface area (TPSA) is 67.4 Å². The van der Waals surface area contributed by atoms with Crippen molar-refractivity contribution in [3.63, 3.8) is 0 Å². The molecule has 0 spiro atoms. The Morgan fingerprint density at radius 2 is 1.72 bits per heavy atom. The van der Waals surface area contributed by atoms with Crippen molar-refractivity contribution in [1.82, 2.24) is 5.32 Å². The van der Waals surface area contributed by atoms with Crippen molar-refractivity contribution in [3.8, 4) is 5.75 Å². The van der Waals surface area contributed by atoms with Gasteiger partial charge >= 0.3 is 0 Å². The van der Waals surface area contributed by atoms with E-state index in [2.05, 4.69) is 22.8 Å². The molecule has 0 saturated carbocycles. The molecule has 5 nitrogen and oxygen atoms in total. The fourth-order valence-electron chi connectivity index (χ4n) is 2.40. The van der Waals surface area contributed by atoms with E-state index in [-0.39, 0.29) is 24.5 Å². The second-order valence-electron chi connectivity index (χ2n) is 5.99. The van der Waals surface area contributed by atoms with E-state index in [1.807, 2.05) is 25.1 Å². The summed E-state index contributed by atoms with van der Waals surface area (Å²) in [6.45, 7) is 3.41. The molecule has 5 heteroatoms. The first-order chi connectivity index (χ1) is 12.0. The average Bonchev–Trinajstić information content (AvgIpc) is 2.60. The zero-order chi connectivity index (χ0) is 18.1. The van der Waals surface area contributed by atoms with Crippen LogP contribution in [0.15, 0.2) is 54.6 Å². The highest BCUT2D eigenvalue weighted by Gasteiger charge is 2.08. The van der Waals surface area contributed by atoms with Crippen LogP contribution in [0.4, 0.5) is 5.69 Å². The molecule has 132 valence electrons. The molecule has 0 aromatic heterocycles. The van der Waals surface area contributed by atoms with Gasteiger partial charge in [-0.1, -0.05) is 30.3 Å². The van der Waals surface area contributed by atoms with E-state index in [0.717, 1.165) is 12.8 Å². The second-order valence-corrected chi connectivity index (χ2v) is 5.99. The van der Waals surface area contributed by atoms with Crippen molar-refractivity contribution in [3.05, 3.63) is 60.2 Å². The number of rotatable bonds is 8. The zero-order valence-electron chi connectivity index (χ0n) is 14.6. The molecule has 2 rings (SSSR count). The number of nitrogens with one attached hydrogen (secondary N) is 2. The van der Waals surface area contributed by atoms with Crippen molar-refractivity contribution in [1.29, 1.82) is 0 Å². The van der Waals surface area contributed by atoms with Gasteiger partial charge in [0, 0.05) is 18.7 Å². The molecule has 2 N–H and O–H groups in total. The first kappa shape index (κ1) is 18.5. The van der Waals surface area contributed by atoms with Crippen molar-refractivity contribution in [2.24, 2.45) is 0 Å². The third kappa shape index (κ3) is 7.08. The van der Waals surface area contributed by atoms with E-state index in [1.54, 1.807) is 24.3 Å². The molecule has 0 aliphatic rings. The van der Waals surface area contributed by atoms with Crippen LogP contribution in [-0.4, -0.2) is 24.5 Å². The van der Waals surface area contributed by atoms with E-state index in [9.17, 15) is 9.59 Å². The highest BCUT2D eigenvalue weighted by Crippen LogP contribution is 2.15. The van der Waals surface area contributed by atoms with E-state index in [0.29, 0.717) is 11.4 Å². The molecule has 0 bridgehead atoms. The minimum atomic E-state index is -0.147. The van der Waals surface area contributed by atoms with Crippen molar-refractivity contribution < 1.29 is 14.3 Å². The van der Waals surface area contributed by atoms with Gasteiger partial charge in [0.2, 0.25) is 5.91 Å². The summed E-state index contributed by atoms with van der Waals surface area (Å²) in [7, 11) is 0. The largest absolute Gasteiger partial charge is 0.484 e. The standard InChI is InChI=1S/C20H24N2O3/c1-15(8-9-17-6-4-3-5-7-17)21-20(24)14-25-19-12-10-18(11-13-19)22-16(2)23/h3-7,10-13,15H,8-9,14H2,1-2H3,(H,21,24)(H,22,23)/t15-/m0/s1. The van der Waals surface area contributed by atoms with Crippen LogP contribution < -0.4 is 15.4 Å². The highest BCUT2D eigenvalue weighted by molar-refractivity contribution is 5.88. The molecule has 0 fully saturated rings. The highest BCUT2D eigenvalue weighted by atomic mass is 16.5. The van der Waals surface area contributed by atoms with Crippen LogP contribution in [0.25, 0.3) is 0 Å². The Bertz CT molecular complexity index is 684. The number of carbonyl (C=O) groups excluding carboxylic acids is 2. The first-order valence-corrected chi connectivity index (χ1v) is 8.36.